The second-order valence-electron chi connectivity index (χ2n) is 6.55. The summed E-state index contributed by atoms with van der Waals surface area (Å²) in [5.74, 6) is 1.57. The van der Waals surface area contributed by atoms with E-state index in [0.717, 1.165) is 43.4 Å². The maximum Gasteiger partial charge on any atom is 0.233 e. The van der Waals surface area contributed by atoms with Crippen LogP contribution in [0.4, 0.5) is 0 Å². The molecular formula is C18H26N2O2S. The molecule has 0 aromatic heterocycles. The first-order valence-corrected chi connectivity index (χ1v) is 9.55. The number of piperazine rings is 1. The standard InChI is InChI=1S/C18H26N2O2S/c21-11-8-16-13-20(10-9-19(16)12-15-6-7-15)18(22)14-23-17-4-2-1-3-5-17/h1-5,15-16,21H,6-14H2/t16-/m0/s1. The normalized spacial score (nSPS) is 22.3. The number of hydrogen-bond acceptors (Lipinski definition) is 4. The molecule has 0 radical (unpaired) electrons. The molecule has 126 valence electrons. The average molecular weight is 334 g/mol. The topological polar surface area (TPSA) is 43.8 Å². The van der Waals surface area contributed by atoms with Gasteiger partial charge in [-0.15, -0.1) is 11.8 Å². The molecule has 0 bridgehead atoms. The third kappa shape index (κ3) is 4.96. The summed E-state index contributed by atoms with van der Waals surface area (Å²) in [7, 11) is 0. The molecular weight excluding hydrogens is 308 g/mol. The molecule has 3 rings (SSSR count). The predicted molar refractivity (Wildman–Crippen MR) is 93.5 cm³/mol. The predicted octanol–water partition coefficient (Wildman–Crippen LogP) is 2.08. The van der Waals surface area contributed by atoms with Crippen LogP contribution in [0, 0.1) is 5.92 Å². The molecule has 1 aliphatic carbocycles. The highest BCUT2D eigenvalue weighted by atomic mass is 32.2. The third-order valence-electron chi connectivity index (χ3n) is 4.71. The number of amides is 1. The minimum atomic E-state index is 0.201. The Hall–Kier alpha value is -1.04. The van der Waals surface area contributed by atoms with E-state index in [9.17, 15) is 9.90 Å². The van der Waals surface area contributed by atoms with Gasteiger partial charge < -0.3 is 10.0 Å². The first-order valence-electron chi connectivity index (χ1n) is 8.57. The fourth-order valence-corrected chi connectivity index (χ4v) is 3.99. The Morgan fingerprint density at radius 2 is 2.00 bits per heavy atom. The monoisotopic (exact) mass is 334 g/mol. The number of carbonyl (C=O) groups is 1. The minimum Gasteiger partial charge on any atom is -0.396 e. The molecule has 1 aromatic carbocycles. The van der Waals surface area contributed by atoms with Crippen molar-refractivity contribution in [2.45, 2.75) is 30.2 Å². The maximum absolute atomic E-state index is 12.5. The van der Waals surface area contributed by atoms with Crippen molar-refractivity contribution in [3.63, 3.8) is 0 Å². The lowest BCUT2D eigenvalue weighted by Crippen LogP contribution is -2.55. The highest BCUT2D eigenvalue weighted by Gasteiger charge is 2.33. The zero-order chi connectivity index (χ0) is 16.1. The quantitative estimate of drug-likeness (QED) is 0.776. The molecule has 0 unspecified atom stereocenters. The van der Waals surface area contributed by atoms with Gasteiger partial charge in [0.1, 0.15) is 0 Å². The molecule has 2 fully saturated rings. The lowest BCUT2D eigenvalue weighted by atomic mass is 10.1. The lowest BCUT2D eigenvalue weighted by molar-refractivity contribution is -0.131. The van der Waals surface area contributed by atoms with Crippen LogP contribution in [0.2, 0.25) is 0 Å². The van der Waals surface area contributed by atoms with Crippen molar-refractivity contribution in [3.05, 3.63) is 30.3 Å². The number of hydrogen-bond donors (Lipinski definition) is 1. The van der Waals surface area contributed by atoms with Crippen molar-refractivity contribution in [2.75, 3.05) is 38.5 Å². The van der Waals surface area contributed by atoms with Gasteiger partial charge in [-0.1, -0.05) is 18.2 Å². The molecule has 1 atom stereocenters. The second kappa shape index (κ2) is 8.18. The molecule has 1 saturated carbocycles. The van der Waals surface area contributed by atoms with Crippen LogP contribution in [0.25, 0.3) is 0 Å². The number of aliphatic hydroxyl groups excluding tert-OH is 1. The van der Waals surface area contributed by atoms with E-state index in [0.29, 0.717) is 11.8 Å². The number of nitrogens with zero attached hydrogens (tertiary/aromatic N) is 2. The van der Waals surface area contributed by atoms with Crippen molar-refractivity contribution in [1.82, 2.24) is 9.80 Å². The molecule has 23 heavy (non-hydrogen) atoms. The van der Waals surface area contributed by atoms with E-state index in [1.807, 2.05) is 35.2 Å². The van der Waals surface area contributed by atoms with E-state index in [-0.39, 0.29) is 12.5 Å². The van der Waals surface area contributed by atoms with Crippen LogP contribution in [0.3, 0.4) is 0 Å². The van der Waals surface area contributed by atoms with Gasteiger partial charge >= 0.3 is 0 Å². The van der Waals surface area contributed by atoms with Crippen molar-refractivity contribution in [3.8, 4) is 0 Å². The SMILES string of the molecule is O=C(CSc1ccccc1)N1CCN(CC2CC2)[C@@H](CCO)C1. The highest BCUT2D eigenvalue weighted by molar-refractivity contribution is 8.00. The molecule has 4 nitrogen and oxygen atoms in total. The van der Waals surface area contributed by atoms with Crippen molar-refractivity contribution >= 4 is 17.7 Å². The van der Waals surface area contributed by atoms with Gasteiger partial charge in [0.2, 0.25) is 5.91 Å². The fourth-order valence-electron chi connectivity index (χ4n) is 3.17. The number of benzene rings is 1. The van der Waals surface area contributed by atoms with Crippen molar-refractivity contribution in [2.24, 2.45) is 5.92 Å². The Kier molecular flexibility index (Phi) is 5.97. The largest absolute Gasteiger partial charge is 0.396 e. The number of aliphatic hydroxyl groups is 1. The summed E-state index contributed by atoms with van der Waals surface area (Å²) in [4.78, 5) is 18.1. The smallest absolute Gasteiger partial charge is 0.233 e. The molecule has 1 saturated heterocycles. The minimum absolute atomic E-state index is 0.201. The van der Waals surface area contributed by atoms with Crippen LogP contribution in [0.15, 0.2) is 35.2 Å². The third-order valence-corrected chi connectivity index (χ3v) is 5.71. The summed E-state index contributed by atoms with van der Waals surface area (Å²) in [6, 6.07) is 10.4. The van der Waals surface area contributed by atoms with E-state index >= 15 is 0 Å². The molecule has 5 heteroatoms. The number of thioether (sulfide) groups is 1. The van der Waals surface area contributed by atoms with Gasteiger partial charge in [-0.2, -0.15) is 0 Å². The van der Waals surface area contributed by atoms with E-state index < -0.39 is 0 Å². The summed E-state index contributed by atoms with van der Waals surface area (Å²) in [5.41, 5.74) is 0. The Morgan fingerprint density at radius 3 is 2.70 bits per heavy atom. The van der Waals surface area contributed by atoms with Gasteiger partial charge in [-0.3, -0.25) is 9.69 Å². The Morgan fingerprint density at radius 1 is 1.22 bits per heavy atom. The van der Waals surface area contributed by atoms with Crippen LogP contribution in [0.5, 0.6) is 0 Å². The van der Waals surface area contributed by atoms with Crippen LogP contribution in [0.1, 0.15) is 19.3 Å². The van der Waals surface area contributed by atoms with Crippen LogP contribution in [-0.4, -0.2) is 65.4 Å². The summed E-state index contributed by atoms with van der Waals surface area (Å²) in [6.07, 6.45) is 3.46. The first kappa shape index (κ1) is 16.8. The summed E-state index contributed by atoms with van der Waals surface area (Å²) >= 11 is 1.60. The fraction of sp³-hybridized carbons (Fsp3) is 0.611. The summed E-state index contributed by atoms with van der Waals surface area (Å²) < 4.78 is 0. The first-order chi connectivity index (χ1) is 11.3. The van der Waals surface area contributed by atoms with Crippen LogP contribution >= 0.6 is 11.8 Å². The Balaban J connectivity index is 1.50. The molecule has 1 N–H and O–H groups in total. The van der Waals surface area contributed by atoms with Crippen LogP contribution < -0.4 is 0 Å². The van der Waals surface area contributed by atoms with Gasteiger partial charge in [0.15, 0.2) is 0 Å². The van der Waals surface area contributed by atoms with Gasteiger partial charge in [0, 0.05) is 43.7 Å². The van der Waals surface area contributed by atoms with Gasteiger partial charge in [-0.25, -0.2) is 0 Å². The Bertz CT molecular complexity index is 507. The molecule has 1 aromatic rings. The zero-order valence-corrected chi connectivity index (χ0v) is 14.4. The molecule has 1 heterocycles. The summed E-state index contributed by atoms with van der Waals surface area (Å²) in [5, 5.41) is 9.33. The molecule has 2 aliphatic rings. The van der Waals surface area contributed by atoms with E-state index in [2.05, 4.69) is 4.90 Å². The molecule has 0 spiro atoms. The van der Waals surface area contributed by atoms with E-state index in [4.69, 9.17) is 0 Å². The lowest BCUT2D eigenvalue weighted by Gasteiger charge is -2.41. The van der Waals surface area contributed by atoms with Crippen molar-refractivity contribution < 1.29 is 9.90 Å². The summed E-state index contributed by atoms with van der Waals surface area (Å²) in [6.45, 7) is 3.88. The van der Waals surface area contributed by atoms with E-state index in [1.165, 1.54) is 12.8 Å². The van der Waals surface area contributed by atoms with Gasteiger partial charge in [0.05, 0.1) is 5.75 Å². The molecule has 1 amide bonds. The maximum atomic E-state index is 12.5. The van der Waals surface area contributed by atoms with E-state index in [1.54, 1.807) is 11.8 Å². The van der Waals surface area contributed by atoms with Crippen molar-refractivity contribution in [1.29, 1.82) is 0 Å². The highest BCUT2D eigenvalue weighted by Crippen LogP contribution is 2.31. The zero-order valence-electron chi connectivity index (χ0n) is 13.6. The van der Waals surface area contributed by atoms with Gasteiger partial charge in [-0.05, 0) is 37.3 Å². The number of rotatable bonds is 7. The van der Waals surface area contributed by atoms with Crippen LogP contribution in [-0.2, 0) is 4.79 Å². The van der Waals surface area contributed by atoms with Gasteiger partial charge in [0.25, 0.3) is 0 Å². The molecule has 1 aliphatic heterocycles. The average Bonchev–Trinajstić information content (AvgIpc) is 3.39. The second-order valence-corrected chi connectivity index (χ2v) is 7.59. The Labute approximate surface area is 142 Å². The number of carbonyl (C=O) groups excluding carboxylic acids is 1.